The van der Waals surface area contributed by atoms with E-state index in [4.69, 9.17) is 27.2 Å². The average molecular weight is 415 g/mol. The number of rotatable bonds is 3. The number of benzene rings is 2. The predicted molar refractivity (Wildman–Crippen MR) is 99.6 cm³/mol. The smallest absolute Gasteiger partial charge is 0.417 e. The number of ether oxygens (including phenoxy) is 1. The molecule has 28 heavy (non-hydrogen) atoms. The van der Waals surface area contributed by atoms with Gasteiger partial charge in [0.15, 0.2) is 0 Å². The average Bonchev–Trinajstić information content (AvgIpc) is 2.62. The number of amides is 1. The highest BCUT2D eigenvalue weighted by atomic mass is 35.5. The van der Waals surface area contributed by atoms with Gasteiger partial charge >= 0.3 is 12.3 Å². The van der Waals surface area contributed by atoms with Crippen molar-refractivity contribution >= 4 is 23.4 Å². The molecule has 1 amide bonds. The van der Waals surface area contributed by atoms with Gasteiger partial charge < -0.3 is 20.5 Å². The van der Waals surface area contributed by atoms with Gasteiger partial charge in [-0.25, -0.2) is 4.79 Å². The Labute approximate surface area is 164 Å². The Balaban J connectivity index is 1.78. The maximum absolute atomic E-state index is 13.4. The SMILES string of the molecule is Nc1cc(Cl)c(-c2ccc(OC3CCN(C(=O)O)CC3)cc2)c(C(F)(F)F)c1. The molecule has 0 unspecified atom stereocenters. The van der Waals surface area contributed by atoms with Gasteiger partial charge in [0.05, 0.1) is 10.6 Å². The van der Waals surface area contributed by atoms with E-state index in [1.165, 1.54) is 23.1 Å². The molecular weight excluding hydrogens is 397 g/mol. The number of hydrogen-bond donors (Lipinski definition) is 2. The Morgan fingerprint density at radius 2 is 1.79 bits per heavy atom. The summed E-state index contributed by atoms with van der Waals surface area (Å²) in [6, 6.07) is 8.31. The van der Waals surface area contributed by atoms with E-state index in [0.717, 1.165) is 6.07 Å². The minimum absolute atomic E-state index is 0.0614. The second-order valence-corrected chi connectivity index (χ2v) is 6.94. The largest absolute Gasteiger partial charge is 0.490 e. The summed E-state index contributed by atoms with van der Waals surface area (Å²) in [6.45, 7) is 0.766. The van der Waals surface area contributed by atoms with Crippen molar-refractivity contribution in [3.63, 3.8) is 0 Å². The van der Waals surface area contributed by atoms with E-state index >= 15 is 0 Å². The van der Waals surface area contributed by atoms with E-state index in [1.807, 2.05) is 0 Å². The number of carboxylic acid groups (broad SMARTS) is 1. The second kappa shape index (κ2) is 7.79. The van der Waals surface area contributed by atoms with E-state index in [1.54, 1.807) is 12.1 Å². The molecule has 5 nitrogen and oxygen atoms in total. The van der Waals surface area contributed by atoms with Crippen molar-refractivity contribution in [2.45, 2.75) is 25.1 Å². The zero-order valence-electron chi connectivity index (χ0n) is 14.7. The highest BCUT2D eigenvalue weighted by molar-refractivity contribution is 6.33. The van der Waals surface area contributed by atoms with Crippen LogP contribution >= 0.6 is 11.6 Å². The van der Waals surface area contributed by atoms with Crippen LogP contribution in [0.5, 0.6) is 5.75 Å². The van der Waals surface area contributed by atoms with Crippen molar-refractivity contribution in [1.29, 1.82) is 0 Å². The first-order chi connectivity index (χ1) is 13.1. The van der Waals surface area contributed by atoms with Gasteiger partial charge in [-0.2, -0.15) is 13.2 Å². The monoisotopic (exact) mass is 414 g/mol. The number of halogens is 4. The maximum atomic E-state index is 13.4. The fourth-order valence-electron chi connectivity index (χ4n) is 3.20. The predicted octanol–water partition coefficient (Wildman–Crippen LogP) is 5.13. The summed E-state index contributed by atoms with van der Waals surface area (Å²) in [5.74, 6) is 0.498. The van der Waals surface area contributed by atoms with Gasteiger partial charge in [-0.3, -0.25) is 0 Å². The first-order valence-electron chi connectivity index (χ1n) is 8.56. The van der Waals surface area contributed by atoms with Crippen LogP contribution in [0.15, 0.2) is 36.4 Å². The fourth-order valence-corrected chi connectivity index (χ4v) is 3.54. The topological polar surface area (TPSA) is 75.8 Å². The Morgan fingerprint density at radius 1 is 1.18 bits per heavy atom. The molecule has 1 aliphatic heterocycles. The van der Waals surface area contributed by atoms with Crippen LogP contribution in [0.3, 0.4) is 0 Å². The second-order valence-electron chi connectivity index (χ2n) is 6.53. The van der Waals surface area contributed by atoms with Gasteiger partial charge in [0.2, 0.25) is 0 Å². The molecule has 2 aromatic carbocycles. The molecule has 0 atom stereocenters. The van der Waals surface area contributed by atoms with Crippen LogP contribution in [0.25, 0.3) is 11.1 Å². The number of nitrogens with two attached hydrogens (primary N) is 1. The molecule has 3 rings (SSSR count). The van der Waals surface area contributed by atoms with Crippen LogP contribution < -0.4 is 10.5 Å². The number of nitrogens with zero attached hydrogens (tertiary/aromatic N) is 1. The van der Waals surface area contributed by atoms with E-state index < -0.39 is 17.8 Å². The van der Waals surface area contributed by atoms with Gasteiger partial charge in [-0.05, 0) is 29.8 Å². The van der Waals surface area contributed by atoms with Crippen LogP contribution in [0.2, 0.25) is 5.02 Å². The molecular formula is C19H18ClF3N2O3. The third-order valence-corrected chi connectivity index (χ3v) is 4.87. The first-order valence-corrected chi connectivity index (χ1v) is 8.94. The summed E-state index contributed by atoms with van der Waals surface area (Å²) >= 11 is 6.05. The molecule has 0 aromatic heterocycles. The maximum Gasteiger partial charge on any atom is 0.417 e. The molecule has 1 aliphatic rings. The Hall–Kier alpha value is -2.61. The lowest BCUT2D eigenvalue weighted by Crippen LogP contribution is -2.41. The molecule has 1 saturated heterocycles. The van der Waals surface area contributed by atoms with Crippen LogP contribution in [0.1, 0.15) is 18.4 Å². The standard InChI is InChI=1S/C19H18ClF3N2O3/c20-16-10-12(24)9-15(19(21,22)23)17(16)11-1-3-13(4-2-11)28-14-5-7-25(8-6-14)18(26)27/h1-4,9-10,14H,5-8,24H2,(H,26,27). The van der Waals surface area contributed by atoms with Crippen molar-refractivity contribution in [2.75, 3.05) is 18.8 Å². The van der Waals surface area contributed by atoms with Crippen LogP contribution in [0, 0.1) is 0 Å². The lowest BCUT2D eigenvalue weighted by molar-refractivity contribution is -0.137. The minimum Gasteiger partial charge on any atom is -0.490 e. The molecule has 2 aromatic rings. The number of anilines is 1. The molecule has 1 fully saturated rings. The minimum atomic E-state index is -4.60. The summed E-state index contributed by atoms with van der Waals surface area (Å²) in [4.78, 5) is 12.2. The zero-order chi connectivity index (χ0) is 20.5. The zero-order valence-corrected chi connectivity index (χ0v) is 15.4. The number of nitrogen functional groups attached to an aromatic ring is 1. The van der Waals surface area contributed by atoms with Gasteiger partial charge in [0, 0.05) is 37.2 Å². The molecule has 0 radical (unpaired) electrons. The molecule has 0 bridgehead atoms. The third-order valence-electron chi connectivity index (χ3n) is 4.58. The van der Waals surface area contributed by atoms with Gasteiger partial charge in [-0.15, -0.1) is 0 Å². The number of likely N-dealkylation sites (tertiary alicyclic amines) is 1. The van der Waals surface area contributed by atoms with E-state index in [-0.39, 0.29) is 22.4 Å². The lowest BCUT2D eigenvalue weighted by Gasteiger charge is -2.30. The molecule has 3 N–H and O–H groups in total. The highest BCUT2D eigenvalue weighted by Crippen LogP contribution is 2.42. The van der Waals surface area contributed by atoms with Gasteiger partial charge in [-0.1, -0.05) is 23.7 Å². The molecule has 1 heterocycles. The Kier molecular flexibility index (Phi) is 5.60. The molecule has 150 valence electrons. The van der Waals surface area contributed by atoms with Gasteiger partial charge in [0.1, 0.15) is 11.9 Å². The molecule has 9 heteroatoms. The lowest BCUT2D eigenvalue weighted by atomic mass is 9.98. The summed E-state index contributed by atoms with van der Waals surface area (Å²) in [7, 11) is 0. The summed E-state index contributed by atoms with van der Waals surface area (Å²) in [5.41, 5.74) is 4.72. The van der Waals surface area contributed by atoms with Crippen molar-refractivity contribution < 1.29 is 27.8 Å². The number of carbonyl (C=O) groups is 1. The molecule has 0 spiro atoms. The van der Waals surface area contributed by atoms with E-state index in [9.17, 15) is 18.0 Å². The summed E-state index contributed by atoms with van der Waals surface area (Å²) < 4.78 is 46.0. The first kappa shape index (κ1) is 20.1. The number of hydrogen-bond acceptors (Lipinski definition) is 3. The van der Waals surface area contributed by atoms with Gasteiger partial charge in [0.25, 0.3) is 0 Å². The van der Waals surface area contributed by atoms with Crippen molar-refractivity contribution in [1.82, 2.24) is 4.90 Å². The van der Waals surface area contributed by atoms with Crippen molar-refractivity contribution in [3.05, 3.63) is 47.0 Å². The van der Waals surface area contributed by atoms with Crippen LogP contribution in [-0.2, 0) is 6.18 Å². The Bertz CT molecular complexity index is 864. The quantitative estimate of drug-likeness (QED) is 0.683. The van der Waals surface area contributed by atoms with Crippen LogP contribution in [0.4, 0.5) is 23.7 Å². The fraction of sp³-hybridized carbons (Fsp3) is 0.316. The Morgan fingerprint density at radius 3 is 2.32 bits per heavy atom. The van der Waals surface area contributed by atoms with Crippen molar-refractivity contribution in [2.24, 2.45) is 0 Å². The third kappa shape index (κ3) is 4.44. The van der Waals surface area contributed by atoms with Crippen LogP contribution in [-0.4, -0.2) is 35.3 Å². The molecule has 0 saturated carbocycles. The summed E-state index contributed by atoms with van der Waals surface area (Å²) in [6.07, 6.45) is -4.59. The summed E-state index contributed by atoms with van der Waals surface area (Å²) in [5, 5.41) is 8.88. The van der Waals surface area contributed by atoms with E-state index in [0.29, 0.717) is 37.2 Å². The van der Waals surface area contributed by atoms with Crippen molar-refractivity contribution in [3.8, 4) is 16.9 Å². The highest BCUT2D eigenvalue weighted by Gasteiger charge is 2.35. The molecule has 0 aliphatic carbocycles. The number of piperidine rings is 1. The van der Waals surface area contributed by atoms with E-state index in [2.05, 4.69) is 0 Å². The normalized spacial score (nSPS) is 15.5. The number of alkyl halides is 3.